The summed E-state index contributed by atoms with van der Waals surface area (Å²) in [6.45, 7) is 1.99. The van der Waals surface area contributed by atoms with Crippen LogP contribution in [0.2, 0.25) is 0 Å². The lowest BCUT2D eigenvalue weighted by Gasteiger charge is -2.09. The summed E-state index contributed by atoms with van der Waals surface area (Å²) >= 11 is 3.46. The van der Waals surface area contributed by atoms with Crippen molar-refractivity contribution in [3.8, 4) is 11.5 Å². The van der Waals surface area contributed by atoms with Gasteiger partial charge in [0.05, 0.1) is 5.56 Å². The molecule has 1 aromatic carbocycles. The van der Waals surface area contributed by atoms with Gasteiger partial charge in [0.2, 0.25) is 0 Å². The van der Waals surface area contributed by atoms with E-state index in [0.29, 0.717) is 17.5 Å². The third kappa shape index (κ3) is 2.08. The number of nitrogens with two attached hydrogens (primary N) is 1. The van der Waals surface area contributed by atoms with Crippen molar-refractivity contribution in [3.05, 3.63) is 22.7 Å². The average Bonchev–Trinajstić information content (AvgIpc) is 3.00. The Hall–Kier alpha value is -1.56. The molecule has 2 aromatic rings. The predicted molar refractivity (Wildman–Crippen MR) is 73.3 cm³/mol. The molecule has 0 bridgehead atoms. The number of nitrogen functional groups attached to an aromatic ring is 1. The predicted octanol–water partition coefficient (Wildman–Crippen LogP) is 2.68. The van der Waals surface area contributed by atoms with E-state index >= 15 is 0 Å². The fraction of sp³-hybridized carbons (Fsp3) is 0.333. The fourth-order valence-electron chi connectivity index (χ4n) is 2.08. The normalized spacial score (nSPS) is 15.3. The van der Waals surface area contributed by atoms with Crippen molar-refractivity contribution in [2.75, 3.05) is 23.7 Å². The van der Waals surface area contributed by atoms with Crippen LogP contribution >= 0.6 is 15.9 Å². The van der Waals surface area contributed by atoms with Crippen molar-refractivity contribution >= 4 is 27.6 Å². The molecule has 1 aromatic heterocycles. The first-order valence-electron chi connectivity index (χ1n) is 5.88. The summed E-state index contributed by atoms with van der Waals surface area (Å²) in [5.41, 5.74) is 7.27. The highest BCUT2D eigenvalue weighted by molar-refractivity contribution is 9.10. The van der Waals surface area contributed by atoms with Crippen molar-refractivity contribution < 1.29 is 4.52 Å². The Bertz CT molecular complexity index is 563. The molecule has 0 amide bonds. The Kier molecular flexibility index (Phi) is 2.95. The molecule has 0 unspecified atom stereocenters. The average molecular weight is 309 g/mol. The molecule has 3 rings (SSSR count). The molecule has 1 saturated heterocycles. The van der Waals surface area contributed by atoms with Crippen LogP contribution < -0.4 is 10.6 Å². The third-order valence-corrected chi connectivity index (χ3v) is 3.72. The molecule has 94 valence electrons. The smallest absolute Gasteiger partial charge is 0.266 e. The zero-order chi connectivity index (χ0) is 12.5. The highest BCUT2D eigenvalue weighted by atomic mass is 79.9. The molecule has 6 heteroatoms. The summed E-state index contributed by atoms with van der Waals surface area (Å²) in [5.74, 6) is 1.16. The van der Waals surface area contributed by atoms with Crippen molar-refractivity contribution in [2.24, 2.45) is 0 Å². The van der Waals surface area contributed by atoms with Crippen LogP contribution in [0.1, 0.15) is 12.8 Å². The lowest BCUT2D eigenvalue weighted by atomic mass is 10.2. The Morgan fingerprint density at radius 1 is 1.28 bits per heavy atom. The molecule has 0 saturated carbocycles. The minimum absolute atomic E-state index is 0.496. The van der Waals surface area contributed by atoms with E-state index in [1.165, 1.54) is 12.8 Å². The van der Waals surface area contributed by atoms with Crippen molar-refractivity contribution in [2.45, 2.75) is 12.8 Å². The molecule has 0 spiro atoms. The summed E-state index contributed by atoms with van der Waals surface area (Å²) in [6, 6.07) is 5.53. The SMILES string of the molecule is Nc1ccc(Br)c(-c2nc(N3CCCC3)no2)c1. The maximum atomic E-state index is 5.77. The first-order chi connectivity index (χ1) is 8.74. The molecule has 2 heterocycles. The molecular weight excluding hydrogens is 296 g/mol. The standard InChI is InChI=1S/C12H13BrN4O/c13-10-4-3-8(14)7-9(10)11-15-12(16-18-11)17-5-1-2-6-17/h3-4,7H,1-2,5-6,14H2. The first kappa shape index (κ1) is 11.5. The van der Waals surface area contributed by atoms with Gasteiger partial charge >= 0.3 is 0 Å². The second-order valence-corrected chi connectivity index (χ2v) is 5.19. The quantitative estimate of drug-likeness (QED) is 0.864. The third-order valence-electron chi connectivity index (χ3n) is 3.03. The van der Waals surface area contributed by atoms with E-state index < -0.39 is 0 Å². The lowest BCUT2D eigenvalue weighted by molar-refractivity contribution is 0.430. The molecule has 5 nitrogen and oxygen atoms in total. The molecule has 0 aliphatic carbocycles. The van der Waals surface area contributed by atoms with E-state index in [0.717, 1.165) is 23.1 Å². The van der Waals surface area contributed by atoms with Crippen LogP contribution in [-0.4, -0.2) is 23.2 Å². The Balaban J connectivity index is 1.94. The number of nitrogens with zero attached hydrogens (tertiary/aromatic N) is 3. The number of benzene rings is 1. The van der Waals surface area contributed by atoms with Gasteiger partial charge in [0, 0.05) is 23.2 Å². The molecule has 2 N–H and O–H groups in total. The number of rotatable bonds is 2. The zero-order valence-electron chi connectivity index (χ0n) is 9.77. The molecule has 1 aliphatic heterocycles. The topological polar surface area (TPSA) is 68.2 Å². The van der Waals surface area contributed by atoms with E-state index in [1.807, 2.05) is 18.2 Å². The van der Waals surface area contributed by atoms with Crippen LogP contribution in [0.5, 0.6) is 0 Å². The van der Waals surface area contributed by atoms with Gasteiger partial charge in [0.25, 0.3) is 11.8 Å². The van der Waals surface area contributed by atoms with Gasteiger partial charge in [0.1, 0.15) is 0 Å². The van der Waals surface area contributed by atoms with Gasteiger partial charge in [-0.15, -0.1) is 0 Å². The van der Waals surface area contributed by atoms with Gasteiger partial charge in [-0.3, -0.25) is 0 Å². The largest absolute Gasteiger partial charge is 0.399 e. The summed E-state index contributed by atoms with van der Waals surface area (Å²) in [7, 11) is 0. The molecule has 18 heavy (non-hydrogen) atoms. The molecule has 0 radical (unpaired) electrons. The summed E-state index contributed by atoms with van der Waals surface area (Å²) in [4.78, 5) is 6.56. The highest BCUT2D eigenvalue weighted by Gasteiger charge is 2.19. The second kappa shape index (κ2) is 4.61. The number of hydrogen-bond donors (Lipinski definition) is 1. The van der Waals surface area contributed by atoms with Gasteiger partial charge in [-0.05, 0) is 52.1 Å². The van der Waals surface area contributed by atoms with Gasteiger partial charge < -0.3 is 15.2 Å². The molecular formula is C12H13BrN4O. The maximum Gasteiger partial charge on any atom is 0.266 e. The van der Waals surface area contributed by atoms with E-state index in [-0.39, 0.29) is 0 Å². The van der Waals surface area contributed by atoms with E-state index in [4.69, 9.17) is 10.3 Å². The summed E-state index contributed by atoms with van der Waals surface area (Å²) in [6.07, 6.45) is 2.37. The fourth-order valence-corrected chi connectivity index (χ4v) is 2.49. The number of aromatic nitrogens is 2. The van der Waals surface area contributed by atoms with E-state index in [9.17, 15) is 0 Å². The number of hydrogen-bond acceptors (Lipinski definition) is 5. The van der Waals surface area contributed by atoms with Crippen LogP contribution in [0.25, 0.3) is 11.5 Å². The van der Waals surface area contributed by atoms with Gasteiger partial charge in [0.15, 0.2) is 0 Å². The van der Waals surface area contributed by atoms with Crippen LogP contribution in [0.15, 0.2) is 27.2 Å². The second-order valence-electron chi connectivity index (χ2n) is 4.33. The Labute approximate surface area is 113 Å². The van der Waals surface area contributed by atoms with Gasteiger partial charge in [-0.2, -0.15) is 4.98 Å². The van der Waals surface area contributed by atoms with Crippen LogP contribution in [0.4, 0.5) is 11.6 Å². The minimum atomic E-state index is 0.496. The summed E-state index contributed by atoms with van der Waals surface area (Å²) < 4.78 is 6.21. The van der Waals surface area contributed by atoms with Crippen LogP contribution in [0, 0.1) is 0 Å². The Morgan fingerprint density at radius 2 is 2.06 bits per heavy atom. The highest BCUT2D eigenvalue weighted by Crippen LogP contribution is 2.30. The van der Waals surface area contributed by atoms with Crippen molar-refractivity contribution in [1.82, 2.24) is 10.1 Å². The Morgan fingerprint density at radius 3 is 2.83 bits per heavy atom. The molecule has 1 fully saturated rings. The molecule has 0 atom stereocenters. The first-order valence-corrected chi connectivity index (χ1v) is 6.67. The number of halogens is 1. The van der Waals surface area contributed by atoms with Gasteiger partial charge in [-0.25, -0.2) is 0 Å². The maximum absolute atomic E-state index is 5.77. The lowest BCUT2D eigenvalue weighted by Crippen LogP contribution is -2.18. The van der Waals surface area contributed by atoms with Crippen LogP contribution in [-0.2, 0) is 0 Å². The van der Waals surface area contributed by atoms with E-state index in [1.54, 1.807) is 0 Å². The van der Waals surface area contributed by atoms with Crippen molar-refractivity contribution in [3.63, 3.8) is 0 Å². The van der Waals surface area contributed by atoms with Crippen molar-refractivity contribution in [1.29, 1.82) is 0 Å². The zero-order valence-corrected chi connectivity index (χ0v) is 11.4. The van der Waals surface area contributed by atoms with Gasteiger partial charge in [-0.1, -0.05) is 0 Å². The number of anilines is 2. The minimum Gasteiger partial charge on any atom is -0.399 e. The monoisotopic (exact) mass is 308 g/mol. The molecule has 1 aliphatic rings. The van der Waals surface area contributed by atoms with E-state index in [2.05, 4.69) is 31.0 Å². The summed E-state index contributed by atoms with van der Waals surface area (Å²) in [5, 5.41) is 4.02. The van der Waals surface area contributed by atoms with Crippen LogP contribution in [0.3, 0.4) is 0 Å².